The number of carbonyl (C=O) groups is 3. The third-order valence-electron chi connectivity index (χ3n) is 4.49. The van der Waals surface area contributed by atoms with Crippen molar-refractivity contribution in [3.8, 4) is 0 Å². The molecule has 0 bridgehead atoms. The van der Waals surface area contributed by atoms with Crippen LogP contribution in [-0.2, 0) is 20.7 Å². The average molecular weight is 321 g/mol. The maximum absolute atomic E-state index is 12.7. The Morgan fingerprint density at radius 3 is 2.61 bits per heavy atom. The summed E-state index contributed by atoms with van der Waals surface area (Å²) < 4.78 is 10.1. The lowest BCUT2D eigenvalue weighted by Gasteiger charge is -2.25. The molecule has 1 aliphatic rings. The number of aromatic nitrogens is 1. The summed E-state index contributed by atoms with van der Waals surface area (Å²) in [6.45, 7) is 7.27. The van der Waals surface area contributed by atoms with Gasteiger partial charge in [-0.3, -0.25) is 9.59 Å². The molecule has 0 fully saturated rings. The lowest BCUT2D eigenvalue weighted by atomic mass is 9.77. The Hall–Kier alpha value is -2.11. The van der Waals surface area contributed by atoms with Crippen molar-refractivity contribution in [1.29, 1.82) is 0 Å². The van der Waals surface area contributed by atoms with E-state index in [1.54, 1.807) is 6.92 Å². The van der Waals surface area contributed by atoms with Crippen molar-refractivity contribution in [2.45, 2.75) is 46.6 Å². The zero-order valence-electron chi connectivity index (χ0n) is 14.2. The van der Waals surface area contributed by atoms with Gasteiger partial charge >= 0.3 is 11.9 Å². The first-order valence-corrected chi connectivity index (χ1v) is 7.86. The fourth-order valence-corrected chi connectivity index (χ4v) is 2.99. The van der Waals surface area contributed by atoms with Gasteiger partial charge in [-0.2, -0.15) is 0 Å². The first-order valence-electron chi connectivity index (χ1n) is 7.86. The van der Waals surface area contributed by atoms with Gasteiger partial charge in [-0.25, -0.2) is 4.79 Å². The van der Waals surface area contributed by atoms with E-state index in [-0.39, 0.29) is 17.8 Å². The molecule has 0 aromatic carbocycles. The molecule has 0 aliphatic heterocycles. The van der Waals surface area contributed by atoms with Gasteiger partial charge in [-0.15, -0.1) is 0 Å². The monoisotopic (exact) mass is 321 g/mol. The molecule has 1 aromatic heterocycles. The van der Waals surface area contributed by atoms with E-state index in [1.165, 1.54) is 7.11 Å². The molecule has 2 rings (SSSR count). The number of aromatic amines is 1. The second-order valence-corrected chi connectivity index (χ2v) is 6.15. The van der Waals surface area contributed by atoms with Crippen LogP contribution in [0.4, 0.5) is 0 Å². The molecule has 1 heterocycles. The van der Waals surface area contributed by atoms with E-state index in [4.69, 9.17) is 9.47 Å². The Morgan fingerprint density at radius 1 is 1.39 bits per heavy atom. The van der Waals surface area contributed by atoms with Crippen molar-refractivity contribution in [3.05, 3.63) is 22.5 Å². The van der Waals surface area contributed by atoms with E-state index in [2.05, 4.69) is 4.98 Å². The number of methoxy groups -OCH3 is 1. The highest BCUT2D eigenvalue weighted by atomic mass is 16.5. The van der Waals surface area contributed by atoms with Gasteiger partial charge < -0.3 is 14.5 Å². The predicted molar refractivity (Wildman–Crippen MR) is 83.4 cm³/mol. The molecule has 1 aromatic rings. The summed E-state index contributed by atoms with van der Waals surface area (Å²) in [6, 6.07) is 0. The molecule has 1 N–H and O–H groups in total. The van der Waals surface area contributed by atoms with Gasteiger partial charge in [0, 0.05) is 11.3 Å². The highest BCUT2D eigenvalue weighted by molar-refractivity contribution is 6.12. The third-order valence-corrected chi connectivity index (χ3v) is 4.49. The largest absolute Gasteiger partial charge is 0.468 e. The second kappa shape index (κ2) is 6.56. The quantitative estimate of drug-likeness (QED) is 0.680. The van der Waals surface area contributed by atoms with Gasteiger partial charge in [-0.05, 0) is 38.2 Å². The Morgan fingerprint density at radius 2 is 2.04 bits per heavy atom. The molecular weight excluding hydrogens is 298 g/mol. The van der Waals surface area contributed by atoms with E-state index in [0.717, 1.165) is 0 Å². The first kappa shape index (κ1) is 17.2. The first-order chi connectivity index (χ1) is 10.8. The number of ketones is 1. The number of hydrogen-bond acceptors (Lipinski definition) is 5. The fourth-order valence-electron chi connectivity index (χ4n) is 2.99. The van der Waals surface area contributed by atoms with Crippen LogP contribution in [0.2, 0.25) is 0 Å². The normalized spacial score (nSPS) is 21.5. The molecular formula is C17H23NO5. The van der Waals surface area contributed by atoms with Crippen LogP contribution in [0, 0.1) is 18.8 Å². The van der Waals surface area contributed by atoms with Crippen LogP contribution in [0.15, 0.2) is 0 Å². The van der Waals surface area contributed by atoms with Crippen molar-refractivity contribution in [2.24, 2.45) is 11.8 Å². The Labute approximate surface area is 135 Å². The summed E-state index contributed by atoms with van der Waals surface area (Å²) in [5, 5.41) is 0. The van der Waals surface area contributed by atoms with Crippen LogP contribution in [0.5, 0.6) is 0 Å². The van der Waals surface area contributed by atoms with Gasteiger partial charge in [0.15, 0.2) is 5.78 Å². The lowest BCUT2D eigenvalue weighted by molar-refractivity contribution is -0.145. The summed E-state index contributed by atoms with van der Waals surface area (Å²) >= 11 is 0. The summed E-state index contributed by atoms with van der Waals surface area (Å²) in [7, 11) is 1.27. The molecule has 126 valence electrons. The zero-order chi connectivity index (χ0) is 17.3. The minimum Gasteiger partial charge on any atom is -0.468 e. The number of carbonyl (C=O) groups excluding carboxylic acids is 3. The smallest absolute Gasteiger partial charge is 0.355 e. The topological polar surface area (TPSA) is 85.5 Å². The molecule has 0 spiro atoms. The second-order valence-electron chi connectivity index (χ2n) is 6.15. The van der Waals surface area contributed by atoms with Gasteiger partial charge in [0.2, 0.25) is 0 Å². The van der Waals surface area contributed by atoms with Gasteiger partial charge in [-0.1, -0.05) is 13.8 Å². The van der Waals surface area contributed by atoms with E-state index >= 15 is 0 Å². The number of Topliss-reactive ketones (excluding diaryl/α,β-unsaturated/α-hetero) is 1. The van der Waals surface area contributed by atoms with Gasteiger partial charge in [0.25, 0.3) is 0 Å². The number of hydrogen-bond donors (Lipinski definition) is 1. The van der Waals surface area contributed by atoms with Crippen LogP contribution in [0.3, 0.4) is 0 Å². The highest BCUT2D eigenvalue weighted by Crippen LogP contribution is 2.34. The lowest BCUT2D eigenvalue weighted by Crippen LogP contribution is -2.36. The predicted octanol–water partition coefficient (Wildman–Crippen LogP) is 2.44. The van der Waals surface area contributed by atoms with E-state index in [0.29, 0.717) is 35.4 Å². The molecule has 1 aliphatic carbocycles. The number of rotatable bonds is 4. The Kier molecular flexibility index (Phi) is 4.92. The molecule has 0 saturated carbocycles. The summed E-state index contributed by atoms with van der Waals surface area (Å²) in [4.78, 5) is 39.9. The number of esters is 2. The highest BCUT2D eigenvalue weighted by Gasteiger charge is 2.41. The van der Waals surface area contributed by atoms with Crippen LogP contribution in [-0.4, -0.2) is 35.9 Å². The molecule has 6 heteroatoms. The summed E-state index contributed by atoms with van der Waals surface area (Å²) in [5.74, 6) is -2.29. The maximum Gasteiger partial charge on any atom is 0.355 e. The standard InChI is InChI=1S/C17H23NO5/c1-6-9(3)23-17(21)14-10(4)13-11(18-14)7-8(2)12(15(13)19)16(20)22-5/h8-9,12,18H,6-7H2,1-5H3/t8-,9-,12-/m0/s1. The van der Waals surface area contributed by atoms with Gasteiger partial charge in [0.05, 0.1) is 13.2 Å². The van der Waals surface area contributed by atoms with Crippen molar-refractivity contribution >= 4 is 17.7 Å². The van der Waals surface area contributed by atoms with Gasteiger partial charge in [0.1, 0.15) is 11.6 Å². The van der Waals surface area contributed by atoms with E-state index < -0.39 is 17.9 Å². The zero-order valence-corrected chi connectivity index (χ0v) is 14.2. The number of ether oxygens (including phenoxy) is 2. The molecule has 0 radical (unpaired) electrons. The minimum atomic E-state index is -0.819. The van der Waals surface area contributed by atoms with E-state index in [9.17, 15) is 14.4 Å². The number of H-pyrrole nitrogens is 1. The fraction of sp³-hybridized carbons (Fsp3) is 0.588. The SMILES string of the molecule is CC[C@H](C)OC(=O)c1[nH]c2c(c1C)C(=O)[C@@H](C(=O)OC)[C@@H](C)C2. The van der Waals surface area contributed by atoms with Crippen molar-refractivity contribution < 1.29 is 23.9 Å². The van der Waals surface area contributed by atoms with Crippen molar-refractivity contribution in [3.63, 3.8) is 0 Å². The summed E-state index contributed by atoms with van der Waals surface area (Å²) in [6.07, 6.45) is 1.03. The Balaban J connectivity index is 2.38. The average Bonchev–Trinajstić information content (AvgIpc) is 2.83. The van der Waals surface area contributed by atoms with Crippen molar-refractivity contribution in [1.82, 2.24) is 4.98 Å². The Bertz CT molecular complexity index is 646. The molecule has 0 amide bonds. The number of fused-ring (bicyclic) bond motifs is 1. The molecule has 0 unspecified atom stereocenters. The molecule has 23 heavy (non-hydrogen) atoms. The maximum atomic E-state index is 12.7. The number of nitrogens with one attached hydrogen (secondary N) is 1. The van der Waals surface area contributed by atoms with Crippen LogP contribution < -0.4 is 0 Å². The van der Waals surface area contributed by atoms with Crippen LogP contribution >= 0.6 is 0 Å². The third kappa shape index (κ3) is 3.02. The van der Waals surface area contributed by atoms with Crippen molar-refractivity contribution in [2.75, 3.05) is 7.11 Å². The molecule has 6 nitrogen and oxygen atoms in total. The minimum absolute atomic E-state index is 0.182. The molecule has 0 saturated heterocycles. The van der Waals surface area contributed by atoms with Crippen LogP contribution in [0.25, 0.3) is 0 Å². The summed E-state index contributed by atoms with van der Waals surface area (Å²) in [5.41, 5.74) is 1.95. The van der Waals surface area contributed by atoms with Crippen LogP contribution in [0.1, 0.15) is 59.3 Å². The molecule has 3 atom stereocenters. The van der Waals surface area contributed by atoms with E-state index in [1.807, 2.05) is 20.8 Å².